The quantitative estimate of drug-likeness (QED) is 0.434. The summed E-state index contributed by atoms with van der Waals surface area (Å²) in [7, 11) is 0. The molecule has 0 aliphatic rings. The van der Waals surface area contributed by atoms with Crippen molar-refractivity contribution in [2.24, 2.45) is 0 Å². The minimum absolute atomic E-state index is 0.0738. The Labute approximate surface area is 118 Å². The van der Waals surface area contributed by atoms with E-state index in [1.54, 1.807) is 17.8 Å². The molecule has 0 aliphatic heterocycles. The summed E-state index contributed by atoms with van der Waals surface area (Å²) in [5.74, 6) is 1.88. The Kier molecular flexibility index (Phi) is 7.07. The molecule has 0 aliphatic carbocycles. The first kappa shape index (κ1) is 15.3. The highest BCUT2D eigenvalue weighted by Gasteiger charge is 2.08. The molecule has 1 rings (SSSR count). The zero-order valence-electron chi connectivity index (χ0n) is 9.76. The molecular formula is C11H15BrN2O3S. The fourth-order valence-electron chi connectivity index (χ4n) is 1.29. The van der Waals surface area contributed by atoms with Crippen molar-refractivity contribution in [1.29, 1.82) is 0 Å². The molecular weight excluding hydrogens is 320 g/mol. The predicted molar refractivity (Wildman–Crippen MR) is 78.3 cm³/mol. The van der Waals surface area contributed by atoms with Crippen molar-refractivity contribution in [1.82, 2.24) is 0 Å². The van der Waals surface area contributed by atoms with Crippen LogP contribution in [0.3, 0.4) is 0 Å². The third-order valence-corrected chi connectivity index (χ3v) is 3.90. The van der Waals surface area contributed by atoms with Gasteiger partial charge in [0.2, 0.25) is 0 Å². The Morgan fingerprint density at radius 1 is 1.44 bits per heavy atom. The fourth-order valence-corrected chi connectivity index (χ4v) is 2.58. The highest BCUT2D eigenvalue weighted by atomic mass is 79.9. The SMILES string of the molecule is O=[N+]([O-])c1ccc(NCCSCCCO)c(Br)c1. The normalized spacial score (nSPS) is 10.3. The molecule has 7 heteroatoms. The molecule has 0 saturated heterocycles. The van der Waals surface area contributed by atoms with E-state index in [0.29, 0.717) is 4.47 Å². The number of thioether (sulfide) groups is 1. The van der Waals surface area contributed by atoms with Crippen LogP contribution in [-0.4, -0.2) is 34.7 Å². The molecule has 1 aromatic rings. The molecule has 5 nitrogen and oxygen atoms in total. The first-order chi connectivity index (χ1) is 8.65. The first-order valence-electron chi connectivity index (χ1n) is 5.51. The molecule has 0 fully saturated rings. The molecule has 0 saturated carbocycles. The number of aliphatic hydroxyl groups excluding tert-OH is 1. The summed E-state index contributed by atoms with van der Waals surface area (Å²) in [6.07, 6.45) is 0.811. The average molecular weight is 335 g/mol. The summed E-state index contributed by atoms with van der Waals surface area (Å²) < 4.78 is 0.692. The molecule has 0 atom stereocenters. The Hall–Kier alpha value is -0.790. The van der Waals surface area contributed by atoms with Crippen molar-refractivity contribution in [3.8, 4) is 0 Å². The first-order valence-corrected chi connectivity index (χ1v) is 7.46. The summed E-state index contributed by atoms with van der Waals surface area (Å²) in [6, 6.07) is 4.66. The highest BCUT2D eigenvalue weighted by Crippen LogP contribution is 2.26. The number of hydrogen-bond acceptors (Lipinski definition) is 5. The van der Waals surface area contributed by atoms with E-state index in [4.69, 9.17) is 5.11 Å². The Morgan fingerprint density at radius 3 is 2.83 bits per heavy atom. The van der Waals surface area contributed by atoms with E-state index in [2.05, 4.69) is 21.2 Å². The van der Waals surface area contributed by atoms with Crippen LogP contribution >= 0.6 is 27.7 Å². The molecule has 1 aromatic carbocycles. The maximum absolute atomic E-state index is 10.6. The summed E-state index contributed by atoms with van der Waals surface area (Å²) in [4.78, 5) is 10.1. The van der Waals surface area contributed by atoms with Crippen molar-refractivity contribution in [3.05, 3.63) is 32.8 Å². The number of anilines is 1. The number of rotatable bonds is 8. The number of hydrogen-bond donors (Lipinski definition) is 2. The van der Waals surface area contributed by atoms with Crippen molar-refractivity contribution in [3.63, 3.8) is 0 Å². The maximum atomic E-state index is 10.6. The van der Waals surface area contributed by atoms with Gasteiger partial charge in [-0.15, -0.1) is 0 Å². The van der Waals surface area contributed by atoms with Gasteiger partial charge in [-0.1, -0.05) is 0 Å². The van der Waals surface area contributed by atoms with E-state index in [9.17, 15) is 10.1 Å². The van der Waals surface area contributed by atoms with Gasteiger partial charge in [-0.05, 0) is 34.2 Å². The van der Waals surface area contributed by atoms with Crippen LogP contribution in [0.1, 0.15) is 6.42 Å². The lowest BCUT2D eigenvalue weighted by Crippen LogP contribution is -2.05. The Bertz CT molecular complexity index is 404. The number of halogens is 1. The topological polar surface area (TPSA) is 75.4 Å². The lowest BCUT2D eigenvalue weighted by Gasteiger charge is -2.08. The second kappa shape index (κ2) is 8.34. The third-order valence-electron chi connectivity index (χ3n) is 2.17. The average Bonchev–Trinajstić information content (AvgIpc) is 2.35. The Morgan fingerprint density at radius 2 is 2.22 bits per heavy atom. The van der Waals surface area contributed by atoms with Crippen LogP contribution < -0.4 is 5.32 Å². The molecule has 0 unspecified atom stereocenters. The monoisotopic (exact) mass is 334 g/mol. The van der Waals surface area contributed by atoms with Crippen molar-refractivity contribution >= 4 is 39.1 Å². The van der Waals surface area contributed by atoms with Gasteiger partial charge in [-0.25, -0.2) is 0 Å². The minimum atomic E-state index is -0.417. The van der Waals surface area contributed by atoms with Crippen LogP contribution in [-0.2, 0) is 0 Å². The number of benzene rings is 1. The highest BCUT2D eigenvalue weighted by molar-refractivity contribution is 9.10. The van der Waals surface area contributed by atoms with E-state index in [1.807, 2.05) is 0 Å². The molecule has 0 bridgehead atoms. The Balaban J connectivity index is 2.36. The van der Waals surface area contributed by atoms with Crippen LogP contribution in [0.5, 0.6) is 0 Å². The lowest BCUT2D eigenvalue weighted by molar-refractivity contribution is -0.384. The number of nitrogens with zero attached hydrogens (tertiary/aromatic N) is 1. The largest absolute Gasteiger partial charge is 0.396 e. The smallest absolute Gasteiger partial charge is 0.270 e. The van der Waals surface area contributed by atoms with Crippen molar-refractivity contribution in [2.45, 2.75) is 6.42 Å². The molecule has 0 radical (unpaired) electrons. The van der Waals surface area contributed by atoms with Crippen LogP contribution in [0.4, 0.5) is 11.4 Å². The molecule has 100 valence electrons. The molecule has 2 N–H and O–H groups in total. The zero-order valence-corrected chi connectivity index (χ0v) is 12.2. The standard InChI is InChI=1S/C11H15BrN2O3S/c12-10-8-9(14(16)17)2-3-11(10)13-4-7-18-6-1-5-15/h2-3,8,13,15H,1,4-7H2. The van der Waals surface area contributed by atoms with Gasteiger partial charge >= 0.3 is 0 Å². The molecule has 0 amide bonds. The van der Waals surface area contributed by atoms with Gasteiger partial charge in [0.1, 0.15) is 0 Å². The molecule has 18 heavy (non-hydrogen) atoms. The summed E-state index contributed by atoms with van der Waals surface area (Å²) in [6.45, 7) is 1.01. The number of nitrogens with one attached hydrogen (secondary N) is 1. The van der Waals surface area contributed by atoms with E-state index in [-0.39, 0.29) is 12.3 Å². The van der Waals surface area contributed by atoms with Crippen LogP contribution in [0.25, 0.3) is 0 Å². The minimum Gasteiger partial charge on any atom is -0.396 e. The van der Waals surface area contributed by atoms with Crippen LogP contribution in [0.15, 0.2) is 22.7 Å². The number of non-ortho nitro benzene ring substituents is 1. The molecule has 0 spiro atoms. The van der Waals surface area contributed by atoms with Gasteiger partial charge in [0.05, 0.1) is 4.92 Å². The molecule has 0 heterocycles. The van der Waals surface area contributed by atoms with Crippen molar-refractivity contribution < 1.29 is 10.0 Å². The van der Waals surface area contributed by atoms with Gasteiger partial charge in [0, 0.05) is 41.2 Å². The fraction of sp³-hybridized carbons (Fsp3) is 0.455. The van der Waals surface area contributed by atoms with E-state index in [1.165, 1.54) is 12.1 Å². The van der Waals surface area contributed by atoms with E-state index in [0.717, 1.165) is 30.2 Å². The summed E-state index contributed by atoms with van der Waals surface area (Å²) in [5.41, 5.74) is 0.924. The second-order valence-electron chi connectivity index (χ2n) is 3.54. The zero-order chi connectivity index (χ0) is 13.4. The predicted octanol–water partition coefficient (Wildman–Crippen LogP) is 2.88. The van der Waals surface area contributed by atoms with Gasteiger partial charge in [-0.2, -0.15) is 11.8 Å². The van der Waals surface area contributed by atoms with E-state index < -0.39 is 4.92 Å². The van der Waals surface area contributed by atoms with E-state index >= 15 is 0 Å². The summed E-state index contributed by atoms with van der Waals surface area (Å²) >= 11 is 5.07. The van der Waals surface area contributed by atoms with Gasteiger partial charge in [-0.3, -0.25) is 10.1 Å². The van der Waals surface area contributed by atoms with Gasteiger partial charge < -0.3 is 10.4 Å². The van der Waals surface area contributed by atoms with Crippen molar-refractivity contribution in [2.75, 3.05) is 30.0 Å². The van der Waals surface area contributed by atoms with Crippen LogP contribution in [0.2, 0.25) is 0 Å². The number of aliphatic hydroxyl groups is 1. The van der Waals surface area contributed by atoms with Gasteiger partial charge in [0.25, 0.3) is 5.69 Å². The van der Waals surface area contributed by atoms with Gasteiger partial charge in [0.15, 0.2) is 0 Å². The number of nitro benzene ring substituents is 1. The number of nitro groups is 1. The van der Waals surface area contributed by atoms with Crippen LogP contribution in [0, 0.1) is 10.1 Å². The second-order valence-corrected chi connectivity index (χ2v) is 5.62. The lowest BCUT2D eigenvalue weighted by atomic mass is 10.3. The summed E-state index contributed by atoms with van der Waals surface area (Å²) in [5, 5.41) is 22.4. The molecule has 0 aromatic heterocycles. The maximum Gasteiger partial charge on any atom is 0.270 e. The third kappa shape index (κ3) is 5.24.